The van der Waals surface area contributed by atoms with Crippen LogP contribution in [0.4, 0.5) is 4.39 Å². The van der Waals surface area contributed by atoms with Gasteiger partial charge in [-0.15, -0.1) is 11.3 Å². The van der Waals surface area contributed by atoms with Crippen molar-refractivity contribution in [3.63, 3.8) is 0 Å². The average molecular weight is 448 g/mol. The summed E-state index contributed by atoms with van der Waals surface area (Å²) in [5.41, 5.74) is -0.647. The first-order chi connectivity index (χ1) is 14.4. The molecule has 0 saturated carbocycles. The van der Waals surface area contributed by atoms with Gasteiger partial charge in [-0.1, -0.05) is 11.6 Å². The number of esters is 1. The molecular weight excluding hydrogens is 433 g/mol. The monoisotopic (exact) mass is 447 g/mol. The lowest BCUT2D eigenvalue weighted by Crippen LogP contribution is -2.41. The zero-order valence-electron chi connectivity index (χ0n) is 15.7. The van der Waals surface area contributed by atoms with E-state index in [1.54, 1.807) is 19.1 Å². The number of rotatable bonds is 5. The summed E-state index contributed by atoms with van der Waals surface area (Å²) in [6.07, 6.45) is 0. The summed E-state index contributed by atoms with van der Waals surface area (Å²) in [4.78, 5) is 42.5. The Morgan fingerprint density at radius 2 is 2.00 bits per heavy atom. The van der Waals surface area contributed by atoms with Gasteiger partial charge in [-0.25, -0.2) is 14.2 Å². The maximum atomic E-state index is 13.8. The quantitative estimate of drug-likeness (QED) is 0.439. The number of nitrogens with zero attached hydrogens (tertiary/aromatic N) is 3. The smallest absolute Gasteiger partial charge is 0.332 e. The fourth-order valence-corrected chi connectivity index (χ4v) is 4.27. The van der Waals surface area contributed by atoms with Crippen molar-refractivity contribution in [1.29, 1.82) is 0 Å². The molecule has 10 heteroatoms. The van der Waals surface area contributed by atoms with E-state index in [2.05, 4.69) is 4.98 Å². The minimum Gasteiger partial charge on any atom is -0.465 e. The van der Waals surface area contributed by atoms with Gasteiger partial charge >= 0.3 is 11.7 Å². The molecule has 0 saturated heterocycles. The summed E-state index contributed by atoms with van der Waals surface area (Å²) in [6, 6.07) is 8.72. The molecule has 7 nitrogen and oxygen atoms in total. The van der Waals surface area contributed by atoms with E-state index in [4.69, 9.17) is 16.3 Å². The minimum absolute atomic E-state index is 0.0328. The van der Waals surface area contributed by atoms with E-state index >= 15 is 0 Å². The van der Waals surface area contributed by atoms with Crippen LogP contribution in [0.25, 0.3) is 21.1 Å². The van der Waals surface area contributed by atoms with E-state index in [-0.39, 0.29) is 24.1 Å². The zero-order chi connectivity index (χ0) is 21.4. The Labute approximate surface area is 177 Å². The Morgan fingerprint density at radius 3 is 2.77 bits per heavy atom. The van der Waals surface area contributed by atoms with E-state index in [0.29, 0.717) is 15.5 Å². The van der Waals surface area contributed by atoms with Gasteiger partial charge in [-0.2, -0.15) is 0 Å². The second kappa shape index (κ2) is 8.00. The van der Waals surface area contributed by atoms with Crippen LogP contribution < -0.4 is 11.2 Å². The fraction of sp³-hybridized carbons (Fsp3) is 0.200. The van der Waals surface area contributed by atoms with Crippen molar-refractivity contribution < 1.29 is 13.9 Å². The van der Waals surface area contributed by atoms with Gasteiger partial charge in [0.05, 0.1) is 34.3 Å². The largest absolute Gasteiger partial charge is 0.465 e. The van der Waals surface area contributed by atoms with Crippen LogP contribution in [0.5, 0.6) is 0 Å². The normalized spacial score (nSPS) is 11.3. The van der Waals surface area contributed by atoms with Crippen molar-refractivity contribution in [2.24, 2.45) is 0 Å². The molecule has 0 N–H and O–H groups in total. The Balaban J connectivity index is 1.88. The van der Waals surface area contributed by atoms with Gasteiger partial charge < -0.3 is 4.74 Å². The molecule has 0 aliphatic heterocycles. The molecule has 0 atom stereocenters. The highest BCUT2D eigenvalue weighted by Crippen LogP contribution is 2.25. The van der Waals surface area contributed by atoms with Crippen LogP contribution in [0.1, 0.15) is 11.9 Å². The number of carbonyl (C=O) groups excluding carboxylic acids is 1. The van der Waals surface area contributed by atoms with Crippen molar-refractivity contribution in [2.45, 2.75) is 20.0 Å². The van der Waals surface area contributed by atoms with Crippen molar-refractivity contribution >= 4 is 50.0 Å². The van der Waals surface area contributed by atoms with Crippen molar-refractivity contribution in [2.75, 3.05) is 6.61 Å². The molecule has 30 heavy (non-hydrogen) atoms. The first kappa shape index (κ1) is 20.2. The molecule has 0 bridgehead atoms. The molecule has 2 heterocycles. The summed E-state index contributed by atoms with van der Waals surface area (Å²) in [6.45, 7) is 1.24. The van der Waals surface area contributed by atoms with E-state index < -0.39 is 29.6 Å². The number of carbonyl (C=O) groups is 1. The van der Waals surface area contributed by atoms with Gasteiger partial charge in [0.1, 0.15) is 17.4 Å². The number of halogens is 2. The Hall–Kier alpha value is -3.04. The lowest BCUT2D eigenvalue weighted by atomic mass is 10.2. The second-order valence-electron chi connectivity index (χ2n) is 6.45. The van der Waals surface area contributed by atoms with E-state index in [1.165, 1.54) is 17.4 Å². The number of hydrogen-bond acceptors (Lipinski definition) is 6. The van der Waals surface area contributed by atoms with Crippen LogP contribution in [0.2, 0.25) is 5.02 Å². The first-order valence-corrected chi connectivity index (χ1v) is 10.2. The zero-order valence-corrected chi connectivity index (χ0v) is 17.3. The van der Waals surface area contributed by atoms with E-state index in [0.717, 1.165) is 26.0 Å². The topological polar surface area (TPSA) is 83.2 Å². The van der Waals surface area contributed by atoms with Crippen LogP contribution in [0.15, 0.2) is 46.0 Å². The lowest BCUT2D eigenvalue weighted by molar-refractivity contribution is -0.143. The van der Waals surface area contributed by atoms with Crippen molar-refractivity contribution in [3.8, 4) is 0 Å². The van der Waals surface area contributed by atoms with Gasteiger partial charge in [0.15, 0.2) is 0 Å². The number of hydrogen-bond donors (Lipinski definition) is 0. The average Bonchev–Trinajstić information content (AvgIpc) is 3.10. The van der Waals surface area contributed by atoms with Gasteiger partial charge in [-0.3, -0.25) is 18.7 Å². The Bertz CT molecular complexity index is 1410. The molecule has 0 spiro atoms. The van der Waals surface area contributed by atoms with E-state index in [9.17, 15) is 18.8 Å². The van der Waals surface area contributed by atoms with Crippen molar-refractivity contribution in [1.82, 2.24) is 14.1 Å². The van der Waals surface area contributed by atoms with Crippen LogP contribution in [0, 0.1) is 5.82 Å². The number of ether oxygens (including phenoxy) is 1. The standard InChI is InChI=1S/C20H15ClFN3O4S/c1-2-29-18(26)10-24-15-8-12(22)4-5-13(15)19(27)25(20(24)28)9-17-23-14-7-11(21)3-6-16(14)30-17/h3-8H,2,9-10H2,1H3. The molecular formula is C20H15ClFN3O4S. The van der Waals surface area contributed by atoms with Gasteiger partial charge in [0.2, 0.25) is 0 Å². The van der Waals surface area contributed by atoms with E-state index in [1.807, 2.05) is 6.07 Å². The molecule has 154 valence electrons. The minimum atomic E-state index is -0.747. The molecule has 4 rings (SSSR count). The summed E-state index contributed by atoms with van der Waals surface area (Å²) in [7, 11) is 0. The molecule has 0 amide bonds. The molecule has 4 aromatic rings. The highest BCUT2D eigenvalue weighted by molar-refractivity contribution is 7.18. The molecule has 0 radical (unpaired) electrons. The summed E-state index contributed by atoms with van der Waals surface area (Å²) < 4.78 is 21.6. The summed E-state index contributed by atoms with van der Waals surface area (Å²) in [5.74, 6) is -1.29. The first-order valence-electron chi connectivity index (χ1n) is 9.01. The second-order valence-corrected chi connectivity index (χ2v) is 8.00. The summed E-state index contributed by atoms with van der Waals surface area (Å²) >= 11 is 7.32. The Kier molecular flexibility index (Phi) is 5.40. The maximum absolute atomic E-state index is 13.8. The summed E-state index contributed by atoms with van der Waals surface area (Å²) in [5, 5.41) is 1.17. The molecule has 0 unspecified atom stereocenters. The predicted molar refractivity (Wildman–Crippen MR) is 113 cm³/mol. The number of fused-ring (bicyclic) bond motifs is 2. The maximum Gasteiger partial charge on any atom is 0.332 e. The third-order valence-corrected chi connectivity index (χ3v) is 5.72. The third-order valence-electron chi connectivity index (χ3n) is 4.47. The number of aromatic nitrogens is 3. The fourth-order valence-electron chi connectivity index (χ4n) is 3.17. The van der Waals surface area contributed by atoms with Crippen LogP contribution >= 0.6 is 22.9 Å². The molecule has 2 aromatic carbocycles. The molecule has 2 aromatic heterocycles. The van der Waals surface area contributed by atoms with Gasteiger partial charge in [0.25, 0.3) is 5.56 Å². The third kappa shape index (κ3) is 3.73. The predicted octanol–water partition coefficient (Wildman–Crippen LogP) is 3.18. The number of benzene rings is 2. The molecule has 0 aliphatic rings. The van der Waals surface area contributed by atoms with Crippen molar-refractivity contribution in [3.05, 3.63) is 73.1 Å². The van der Waals surface area contributed by atoms with Gasteiger partial charge in [-0.05, 0) is 43.3 Å². The number of thiazole rings is 1. The highest BCUT2D eigenvalue weighted by Gasteiger charge is 2.18. The van der Waals surface area contributed by atoms with Crippen LogP contribution in [-0.2, 0) is 22.6 Å². The van der Waals surface area contributed by atoms with Crippen LogP contribution in [-0.4, -0.2) is 26.7 Å². The Morgan fingerprint density at radius 1 is 1.20 bits per heavy atom. The molecule has 0 fully saturated rings. The van der Waals surface area contributed by atoms with Gasteiger partial charge in [0, 0.05) is 5.02 Å². The SMILES string of the molecule is CCOC(=O)Cn1c(=O)n(Cc2nc3cc(Cl)ccc3s2)c(=O)c2ccc(F)cc21. The lowest BCUT2D eigenvalue weighted by Gasteiger charge is -2.13. The van der Waals surface area contributed by atoms with Crippen LogP contribution in [0.3, 0.4) is 0 Å². The highest BCUT2D eigenvalue weighted by atomic mass is 35.5. The molecule has 0 aliphatic carbocycles.